The zero-order valence-corrected chi connectivity index (χ0v) is 11.1. The van der Waals surface area contributed by atoms with E-state index in [-0.39, 0.29) is 5.39 Å². The number of nitrogens with one attached hydrogen (secondary N) is 1. The van der Waals surface area contributed by atoms with E-state index in [1.54, 1.807) is 4.98 Å². The van der Waals surface area contributed by atoms with Gasteiger partial charge in [0.1, 0.15) is 5.69 Å². The van der Waals surface area contributed by atoms with Crippen LogP contribution in [0.25, 0.3) is 10.8 Å². The molecule has 1 aromatic carbocycles. The molecule has 118 valence electrons. The van der Waals surface area contributed by atoms with Crippen molar-refractivity contribution in [2.75, 3.05) is 0 Å². The highest BCUT2D eigenvalue weighted by Crippen LogP contribution is 2.32. The first-order valence-electron chi connectivity index (χ1n) is 5.41. The Bertz CT molecular complexity index is 916. The van der Waals surface area contributed by atoms with E-state index in [0.717, 1.165) is 12.1 Å². The number of hydrogen-bond acceptors (Lipinski definition) is 6. The molecule has 1 N–H and O–H groups in total. The maximum Gasteiger partial charge on any atom is 0.534 e. The van der Waals surface area contributed by atoms with Gasteiger partial charge in [0.05, 0.1) is 11.4 Å². The first kappa shape index (κ1) is 15.8. The molecule has 1 heterocycles. The van der Waals surface area contributed by atoms with E-state index in [2.05, 4.69) is 4.18 Å². The summed E-state index contributed by atoms with van der Waals surface area (Å²) in [5.41, 5.74) is -7.93. The van der Waals surface area contributed by atoms with Crippen molar-refractivity contribution < 1.29 is 35.7 Å². The fraction of sp³-hybridized carbons (Fsp3) is 0.0909. The van der Waals surface area contributed by atoms with Gasteiger partial charge in [-0.1, -0.05) is 18.2 Å². The van der Waals surface area contributed by atoms with Crippen LogP contribution in [-0.4, -0.2) is 24.9 Å². The Morgan fingerprint density at radius 1 is 1.18 bits per heavy atom. The Hall–Kier alpha value is -2.56. The predicted molar refractivity (Wildman–Crippen MR) is 64.5 cm³/mol. The van der Waals surface area contributed by atoms with Crippen LogP contribution in [0.15, 0.2) is 29.1 Å². The number of aromatic carboxylic acids is 1. The molecule has 0 radical (unpaired) electrons. The average molecular weight is 336 g/mol. The summed E-state index contributed by atoms with van der Waals surface area (Å²) in [5, 5.41) is 10.2. The number of H-pyrrole nitrogens is 1. The molecule has 0 bridgehead atoms. The molecule has 1 aromatic heterocycles. The third-order valence-corrected chi connectivity index (χ3v) is 3.52. The van der Waals surface area contributed by atoms with Crippen LogP contribution in [0.1, 0.15) is 10.5 Å². The third-order valence-electron chi connectivity index (χ3n) is 2.56. The largest absolute Gasteiger partial charge is 0.543 e. The number of aromatic nitrogens is 1. The third kappa shape index (κ3) is 2.62. The van der Waals surface area contributed by atoms with E-state index < -0.39 is 44.0 Å². The molecule has 0 spiro atoms. The van der Waals surface area contributed by atoms with Crippen molar-refractivity contribution in [2.24, 2.45) is 0 Å². The second-order valence-electron chi connectivity index (χ2n) is 3.97. The Morgan fingerprint density at radius 2 is 1.73 bits per heavy atom. The summed E-state index contributed by atoms with van der Waals surface area (Å²) in [4.78, 5) is 24.3. The quantitative estimate of drug-likeness (QED) is 0.628. The number of fused-ring (bicyclic) bond motifs is 1. The summed E-state index contributed by atoms with van der Waals surface area (Å²) >= 11 is 0. The summed E-state index contributed by atoms with van der Waals surface area (Å²) in [7, 11) is -6.12. The van der Waals surface area contributed by atoms with Crippen LogP contribution in [0.5, 0.6) is 5.75 Å². The number of alkyl halides is 3. The van der Waals surface area contributed by atoms with Crippen molar-refractivity contribution in [3.05, 3.63) is 40.3 Å². The highest BCUT2D eigenvalue weighted by molar-refractivity contribution is 7.88. The number of aromatic amines is 1. The van der Waals surface area contributed by atoms with Crippen LogP contribution in [0.3, 0.4) is 0 Å². The van der Waals surface area contributed by atoms with Gasteiger partial charge in [-0.25, -0.2) is 0 Å². The number of carbonyl (C=O) groups is 1. The Morgan fingerprint density at radius 3 is 2.23 bits per heavy atom. The highest BCUT2D eigenvalue weighted by atomic mass is 32.2. The van der Waals surface area contributed by atoms with E-state index >= 15 is 0 Å². The Kier molecular flexibility index (Phi) is 3.61. The van der Waals surface area contributed by atoms with Gasteiger partial charge in [0, 0.05) is 5.39 Å². The molecule has 0 saturated heterocycles. The van der Waals surface area contributed by atoms with E-state index in [0.29, 0.717) is 0 Å². The van der Waals surface area contributed by atoms with Crippen LogP contribution in [0, 0.1) is 0 Å². The number of benzene rings is 1. The molecule has 0 aliphatic carbocycles. The van der Waals surface area contributed by atoms with Crippen LogP contribution < -0.4 is 14.8 Å². The Balaban J connectivity index is 2.82. The number of carbonyl (C=O) groups excluding carboxylic acids is 1. The van der Waals surface area contributed by atoms with E-state index in [4.69, 9.17) is 0 Å². The van der Waals surface area contributed by atoms with Gasteiger partial charge < -0.3 is 19.1 Å². The monoisotopic (exact) mass is 336 g/mol. The molecule has 11 heteroatoms. The van der Waals surface area contributed by atoms with E-state index in [9.17, 15) is 36.3 Å². The number of carboxylic acid groups (broad SMARTS) is 1. The summed E-state index contributed by atoms with van der Waals surface area (Å²) in [6, 6.07) is 4.80. The maximum absolute atomic E-state index is 12.4. The van der Waals surface area contributed by atoms with Gasteiger partial charge in [-0.15, -0.1) is 0 Å². The van der Waals surface area contributed by atoms with Gasteiger partial charge in [-0.3, -0.25) is 4.79 Å². The number of pyridine rings is 1. The van der Waals surface area contributed by atoms with Crippen molar-refractivity contribution in [3.8, 4) is 5.75 Å². The topological polar surface area (TPSA) is 116 Å². The number of carboxylic acids is 1. The molecule has 0 aliphatic rings. The predicted octanol–water partition coefficient (Wildman–Crippen LogP) is 0.120. The lowest BCUT2D eigenvalue weighted by Gasteiger charge is -2.15. The van der Waals surface area contributed by atoms with Crippen molar-refractivity contribution in [1.29, 1.82) is 0 Å². The minimum atomic E-state index is -6.12. The lowest BCUT2D eigenvalue weighted by Crippen LogP contribution is -2.32. The zero-order valence-electron chi connectivity index (χ0n) is 10.3. The molecule has 0 atom stereocenters. The minimum absolute atomic E-state index is 0.250. The molecule has 0 fully saturated rings. The summed E-state index contributed by atoms with van der Waals surface area (Å²) in [6.45, 7) is 0. The molecular formula is C11H5F3NO6S-. The van der Waals surface area contributed by atoms with Crippen molar-refractivity contribution in [3.63, 3.8) is 0 Å². The Labute approximate surface area is 120 Å². The smallest absolute Gasteiger partial charge is 0.534 e. The highest BCUT2D eigenvalue weighted by Gasteiger charge is 2.49. The minimum Gasteiger partial charge on any atom is -0.543 e. The molecule has 0 saturated carbocycles. The van der Waals surface area contributed by atoms with Gasteiger partial charge in [-0.05, 0) is 6.07 Å². The van der Waals surface area contributed by atoms with Gasteiger partial charge in [0.15, 0.2) is 5.75 Å². The molecule has 2 aromatic rings. The first-order valence-corrected chi connectivity index (χ1v) is 6.82. The summed E-state index contributed by atoms with van der Waals surface area (Å²) in [5.74, 6) is -3.28. The van der Waals surface area contributed by atoms with Crippen molar-refractivity contribution in [2.45, 2.75) is 5.51 Å². The first-order chi connectivity index (χ1) is 10.0. The molecule has 7 nitrogen and oxygen atoms in total. The lowest BCUT2D eigenvalue weighted by atomic mass is 10.1. The second-order valence-corrected chi connectivity index (χ2v) is 5.51. The fourth-order valence-electron chi connectivity index (χ4n) is 1.64. The van der Waals surface area contributed by atoms with Gasteiger partial charge in [0.2, 0.25) is 0 Å². The number of hydrogen-bond donors (Lipinski definition) is 1. The van der Waals surface area contributed by atoms with Gasteiger partial charge in [0.25, 0.3) is 5.56 Å². The SMILES string of the molecule is O=C([O-])c1[nH]c(=O)c2ccccc2c1OS(=O)(=O)C(F)(F)F. The van der Waals surface area contributed by atoms with Crippen LogP contribution in [0.2, 0.25) is 0 Å². The normalized spacial score (nSPS) is 12.3. The molecule has 0 aliphatic heterocycles. The zero-order chi connectivity index (χ0) is 16.7. The van der Waals surface area contributed by atoms with Gasteiger partial charge in [-0.2, -0.15) is 21.6 Å². The number of halogens is 3. The molecule has 0 unspecified atom stereocenters. The summed E-state index contributed by atoms with van der Waals surface area (Å²) in [6.07, 6.45) is 0. The average Bonchev–Trinajstić information content (AvgIpc) is 2.40. The van der Waals surface area contributed by atoms with Gasteiger partial charge >= 0.3 is 15.6 Å². The lowest BCUT2D eigenvalue weighted by molar-refractivity contribution is -0.255. The molecular weight excluding hydrogens is 331 g/mol. The molecule has 0 amide bonds. The fourth-order valence-corrected chi connectivity index (χ4v) is 2.13. The molecule has 22 heavy (non-hydrogen) atoms. The van der Waals surface area contributed by atoms with Crippen LogP contribution >= 0.6 is 0 Å². The standard InChI is InChI=1S/C11H6F3NO6S/c12-11(13,14)22(19,20)21-8-5-3-1-2-4-6(5)9(16)15-7(8)10(17)18/h1-4H,(H,15,16)(H,17,18)/p-1. The number of rotatable bonds is 3. The maximum atomic E-state index is 12.4. The van der Waals surface area contributed by atoms with E-state index in [1.807, 2.05) is 0 Å². The summed E-state index contributed by atoms with van der Waals surface area (Å²) < 4.78 is 63.2. The molecule has 2 rings (SSSR count). The van der Waals surface area contributed by atoms with Crippen molar-refractivity contribution in [1.82, 2.24) is 4.98 Å². The second kappa shape index (κ2) is 5.02. The van der Waals surface area contributed by atoms with Crippen molar-refractivity contribution >= 4 is 26.9 Å². The van der Waals surface area contributed by atoms with Crippen LogP contribution in [-0.2, 0) is 10.1 Å². The van der Waals surface area contributed by atoms with E-state index in [1.165, 1.54) is 12.1 Å². The van der Waals surface area contributed by atoms with Crippen LogP contribution in [0.4, 0.5) is 13.2 Å².